The van der Waals surface area contributed by atoms with Crippen molar-refractivity contribution >= 4 is 6.03 Å². The fourth-order valence-corrected chi connectivity index (χ4v) is 3.13. The molecule has 1 N–H and O–H groups in total. The van der Waals surface area contributed by atoms with Gasteiger partial charge in [-0.1, -0.05) is 12.8 Å². The summed E-state index contributed by atoms with van der Waals surface area (Å²) in [6, 6.07) is 0.700. The highest BCUT2D eigenvalue weighted by Gasteiger charge is 2.35. The molecule has 2 rings (SSSR count). The summed E-state index contributed by atoms with van der Waals surface area (Å²) < 4.78 is 0. The molecule has 1 atom stereocenters. The highest BCUT2D eigenvalue weighted by Crippen LogP contribution is 2.35. The Kier molecular flexibility index (Phi) is 3.49. The summed E-state index contributed by atoms with van der Waals surface area (Å²) >= 11 is 0. The summed E-state index contributed by atoms with van der Waals surface area (Å²) in [5.41, 5.74) is 0. The Morgan fingerprint density at radius 1 is 1.27 bits per heavy atom. The van der Waals surface area contributed by atoms with Gasteiger partial charge in [0.25, 0.3) is 0 Å². The summed E-state index contributed by atoms with van der Waals surface area (Å²) in [6.45, 7) is 3.69. The quantitative estimate of drug-likeness (QED) is 0.745. The number of urea groups is 1. The number of amides is 2. The van der Waals surface area contributed by atoms with Gasteiger partial charge < -0.3 is 10.2 Å². The van der Waals surface area contributed by atoms with Crippen LogP contribution in [0.15, 0.2) is 0 Å². The molecule has 2 amide bonds. The van der Waals surface area contributed by atoms with E-state index in [2.05, 4.69) is 10.2 Å². The van der Waals surface area contributed by atoms with Crippen molar-refractivity contribution in [3.05, 3.63) is 0 Å². The predicted octanol–water partition coefficient (Wildman–Crippen LogP) is 2.37. The van der Waals surface area contributed by atoms with Crippen LogP contribution in [0.25, 0.3) is 0 Å². The van der Waals surface area contributed by atoms with Crippen LogP contribution in [0.2, 0.25) is 0 Å². The molecular weight excluding hydrogens is 188 g/mol. The van der Waals surface area contributed by atoms with E-state index in [0.717, 1.165) is 19.0 Å². The fourth-order valence-electron chi connectivity index (χ4n) is 3.13. The molecule has 3 nitrogen and oxygen atoms in total. The maximum atomic E-state index is 11.8. The minimum atomic E-state index is 0.159. The van der Waals surface area contributed by atoms with Gasteiger partial charge in [0.1, 0.15) is 0 Å². The molecule has 1 aliphatic heterocycles. The number of likely N-dealkylation sites (tertiary alicyclic amines) is 1. The number of nitrogens with one attached hydrogen (secondary N) is 1. The lowest BCUT2D eigenvalue weighted by molar-refractivity contribution is 0.173. The topological polar surface area (TPSA) is 32.3 Å². The first kappa shape index (κ1) is 10.8. The second-order valence-electron chi connectivity index (χ2n) is 4.78. The predicted molar refractivity (Wildman–Crippen MR) is 60.8 cm³/mol. The molecule has 1 aliphatic carbocycles. The standard InChI is InChI=1S/C12H22N2O/c1-2-13-12(15)14-9-5-8-11(14)10-6-3-4-7-10/h10-11H,2-9H2,1H3,(H,13,15). The third-order valence-corrected chi connectivity index (χ3v) is 3.83. The Morgan fingerprint density at radius 3 is 2.67 bits per heavy atom. The van der Waals surface area contributed by atoms with Crippen molar-refractivity contribution in [3.63, 3.8) is 0 Å². The minimum absolute atomic E-state index is 0.159. The Hall–Kier alpha value is -0.730. The zero-order chi connectivity index (χ0) is 10.7. The molecule has 0 aromatic rings. The molecule has 0 aromatic heterocycles. The third-order valence-electron chi connectivity index (χ3n) is 3.83. The first-order chi connectivity index (χ1) is 7.33. The smallest absolute Gasteiger partial charge is 0.317 e. The molecule has 0 spiro atoms. The van der Waals surface area contributed by atoms with Gasteiger partial charge in [0.2, 0.25) is 0 Å². The van der Waals surface area contributed by atoms with E-state index in [0.29, 0.717) is 6.04 Å². The highest BCUT2D eigenvalue weighted by molar-refractivity contribution is 5.74. The lowest BCUT2D eigenvalue weighted by atomic mass is 9.96. The number of carbonyl (C=O) groups excluding carboxylic acids is 1. The van der Waals surface area contributed by atoms with Crippen molar-refractivity contribution in [2.24, 2.45) is 5.92 Å². The van der Waals surface area contributed by atoms with E-state index in [-0.39, 0.29) is 6.03 Å². The number of rotatable bonds is 2. The van der Waals surface area contributed by atoms with Gasteiger partial charge in [0.15, 0.2) is 0 Å². The fraction of sp³-hybridized carbons (Fsp3) is 0.917. The number of nitrogens with zero attached hydrogens (tertiary/aromatic N) is 1. The molecule has 1 heterocycles. The first-order valence-electron chi connectivity index (χ1n) is 6.37. The van der Waals surface area contributed by atoms with Gasteiger partial charge in [0, 0.05) is 19.1 Å². The zero-order valence-corrected chi connectivity index (χ0v) is 9.67. The van der Waals surface area contributed by atoms with Crippen LogP contribution >= 0.6 is 0 Å². The largest absolute Gasteiger partial charge is 0.338 e. The monoisotopic (exact) mass is 210 g/mol. The van der Waals surface area contributed by atoms with E-state index in [1.807, 2.05) is 6.92 Å². The average Bonchev–Trinajstić information content (AvgIpc) is 2.88. The second kappa shape index (κ2) is 4.86. The van der Waals surface area contributed by atoms with E-state index in [1.165, 1.54) is 38.5 Å². The summed E-state index contributed by atoms with van der Waals surface area (Å²) in [7, 11) is 0. The summed E-state index contributed by atoms with van der Waals surface area (Å²) in [5.74, 6) is 0.787. The second-order valence-corrected chi connectivity index (χ2v) is 4.78. The van der Waals surface area contributed by atoms with Crippen LogP contribution in [0.1, 0.15) is 45.4 Å². The van der Waals surface area contributed by atoms with Crippen LogP contribution < -0.4 is 5.32 Å². The van der Waals surface area contributed by atoms with Crippen molar-refractivity contribution in [2.75, 3.05) is 13.1 Å². The molecule has 1 saturated heterocycles. The van der Waals surface area contributed by atoms with Crippen molar-refractivity contribution in [1.82, 2.24) is 10.2 Å². The van der Waals surface area contributed by atoms with Crippen LogP contribution in [-0.2, 0) is 0 Å². The molecule has 2 fully saturated rings. The van der Waals surface area contributed by atoms with Crippen LogP contribution in [0.3, 0.4) is 0 Å². The molecule has 2 aliphatic rings. The van der Waals surface area contributed by atoms with Crippen molar-refractivity contribution in [2.45, 2.75) is 51.5 Å². The minimum Gasteiger partial charge on any atom is -0.338 e. The molecule has 0 radical (unpaired) electrons. The summed E-state index contributed by atoms with van der Waals surface area (Å²) in [6.07, 6.45) is 7.82. The van der Waals surface area contributed by atoms with Crippen LogP contribution in [-0.4, -0.2) is 30.1 Å². The lowest BCUT2D eigenvalue weighted by Crippen LogP contribution is -2.45. The average molecular weight is 210 g/mol. The molecule has 1 unspecified atom stereocenters. The van der Waals surface area contributed by atoms with E-state index >= 15 is 0 Å². The van der Waals surface area contributed by atoms with Gasteiger partial charge in [-0.15, -0.1) is 0 Å². The maximum Gasteiger partial charge on any atom is 0.317 e. The molecule has 15 heavy (non-hydrogen) atoms. The number of hydrogen-bond acceptors (Lipinski definition) is 1. The molecule has 3 heteroatoms. The van der Waals surface area contributed by atoms with Crippen molar-refractivity contribution in [3.8, 4) is 0 Å². The van der Waals surface area contributed by atoms with Crippen molar-refractivity contribution in [1.29, 1.82) is 0 Å². The highest BCUT2D eigenvalue weighted by atomic mass is 16.2. The Morgan fingerprint density at radius 2 is 2.00 bits per heavy atom. The van der Waals surface area contributed by atoms with Gasteiger partial charge in [-0.05, 0) is 38.5 Å². The summed E-state index contributed by atoms with van der Waals surface area (Å²) in [4.78, 5) is 13.9. The van der Waals surface area contributed by atoms with Crippen LogP contribution in [0.4, 0.5) is 4.79 Å². The van der Waals surface area contributed by atoms with E-state index < -0.39 is 0 Å². The number of hydrogen-bond donors (Lipinski definition) is 1. The Balaban J connectivity index is 1.94. The van der Waals surface area contributed by atoms with Crippen molar-refractivity contribution < 1.29 is 4.79 Å². The van der Waals surface area contributed by atoms with Crippen LogP contribution in [0.5, 0.6) is 0 Å². The lowest BCUT2D eigenvalue weighted by Gasteiger charge is -2.29. The number of carbonyl (C=O) groups is 1. The maximum absolute atomic E-state index is 11.8. The van der Waals surface area contributed by atoms with Crippen LogP contribution in [0, 0.1) is 5.92 Å². The van der Waals surface area contributed by atoms with E-state index in [4.69, 9.17) is 0 Å². The SMILES string of the molecule is CCNC(=O)N1CCCC1C1CCCC1. The first-order valence-corrected chi connectivity index (χ1v) is 6.37. The molecule has 0 bridgehead atoms. The van der Waals surface area contributed by atoms with E-state index in [1.54, 1.807) is 0 Å². The zero-order valence-electron chi connectivity index (χ0n) is 9.67. The van der Waals surface area contributed by atoms with Gasteiger partial charge in [-0.25, -0.2) is 4.79 Å². The molecule has 86 valence electrons. The molecule has 1 saturated carbocycles. The third kappa shape index (κ3) is 2.27. The van der Waals surface area contributed by atoms with Gasteiger partial charge in [-0.2, -0.15) is 0 Å². The van der Waals surface area contributed by atoms with Gasteiger partial charge in [0.05, 0.1) is 0 Å². The molecular formula is C12H22N2O. The normalized spacial score (nSPS) is 27.3. The van der Waals surface area contributed by atoms with E-state index in [9.17, 15) is 4.79 Å². The van der Waals surface area contributed by atoms with Gasteiger partial charge >= 0.3 is 6.03 Å². The Bertz CT molecular complexity index is 224. The summed E-state index contributed by atoms with van der Waals surface area (Å²) in [5, 5.41) is 2.93. The molecule has 0 aromatic carbocycles. The Labute approximate surface area is 92.2 Å². The van der Waals surface area contributed by atoms with Gasteiger partial charge in [-0.3, -0.25) is 0 Å².